The first kappa shape index (κ1) is 25.9. The third-order valence-corrected chi connectivity index (χ3v) is 5.90. The Bertz CT molecular complexity index is 699. The highest BCUT2D eigenvalue weighted by molar-refractivity contribution is 5.91. The molecule has 0 radical (unpaired) electrons. The first-order valence-corrected chi connectivity index (χ1v) is 10.6. The summed E-state index contributed by atoms with van der Waals surface area (Å²) in [5, 5.41) is 24.8. The maximum Gasteiger partial charge on any atom is 0.308 e. The third kappa shape index (κ3) is 7.94. The average Bonchev–Trinajstić information content (AvgIpc) is 2.70. The van der Waals surface area contributed by atoms with E-state index < -0.39 is 30.2 Å². The molecule has 0 spiro atoms. The van der Waals surface area contributed by atoms with Crippen molar-refractivity contribution in [3.05, 3.63) is 34.2 Å². The molecular weight excluding hydrogens is 386 g/mol. The lowest BCUT2D eigenvalue weighted by molar-refractivity contribution is -0.154. The summed E-state index contributed by atoms with van der Waals surface area (Å²) in [6.45, 7) is 9.07. The number of esters is 1. The molecule has 1 aliphatic rings. The van der Waals surface area contributed by atoms with Crippen LogP contribution in [0.1, 0.15) is 53.9 Å². The van der Waals surface area contributed by atoms with E-state index in [9.17, 15) is 19.8 Å². The van der Waals surface area contributed by atoms with Gasteiger partial charge in [-0.2, -0.15) is 0 Å². The van der Waals surface area contributed by atoms with Gasteiger partial charge in [0.1, 0.15) is 6.10 Å². The quantitative estimate of drug-likeness (QED) is 0.310. The van der Waals surface area contributed by atoms with Gasteiger partial charge >= 0.3 is 5.97 Å². The van der Waals surface area contributed by atoms with Crippen molar-refractivity contribution in [1.29, 1.82) is 0 Å². The van der Waals surface area contributed by atoms with Crippen LogP contribution in [0.2, 0.25) is 0 Å². The molecule has 2 N–H and O–H groups in total. The molecule has 0 amide bonds. The van der Waals surface area contributed by atoms with E-state index in [1.165, 1.54) is 6.08 Å². The maximum atomic E-state index is 12.5. The van der Waals surface area contributed by atoms with Crippen molar-refractivity contribution in [2.45, 2.75) is 72.2 Å². The topological polar surface area (TPSA) is 133 Å². The first-order valence-electron chi connectivity index (χ1n) is 10.6. The molecule has 0 saturated carbocycles. The van der Waals surface area contributed by atoms with Crippen molar-refractivity contribution in [1.82, 2.24) is 0 Å². The summed E-state index contributed by atoms with van der Waals surface area (Å²) < 4.78 is 5.48. The van der Waals surface area contributed by atoms with Gasteiger partial charge in [-0.1, -0.05) is 57.0 Å². The van der Waals surface area contributed by atoms with Crippen molar-refractivity contribution >= 4 is 11.8 Å². The van der Waals surface area contributed by atoms with E-state index in [0.29, 0.717) is 12.8 Å². The number of ketones is 1. The van der Waals surface area contributed by atoms with Gasteiger partial charge in [-0.15, -0.1) is 0 Å². The molecule has 0 saturated heterocycles. The van der Waals surface area contributed by atoms with E-state index in [1.54, 1.807) is 13.0 Å². The summed E-state index contributed by atoms with van der Waals surface area (Å²) in [6.07, 6.45) is 3.32. The Hall–Kier alpha value is -2.15. The number of rotatable bonds is 3. The Morgan fingerprint density at radius 2 is 1.90 bits per heavy atom. The Morgan fingerprint density at radius 1 is 1.23 bits per heavy atom. The Morgan fingerprint density at radius 3 is 2.50 bits per heavy atom. The largest absolute Gasteiger partial charge is 0.462 e. The second-order valence-corrected chi connectivity index (χ2v) is 8.37. The minimum absolute atomic E-state index is 0.0293. The minimum atomic E-state index is -1.09. The molecular formula is C22H35N3O5. The van der Waals surface area contributed by atoms with Gasteiger partial charge in [-0.3, -0.25) is 9.59 Å². The summed E-state index contributed by atoms with van der Waals surface area (Å²) in [5.41, 5.74) is 9.45. The normalized spacial score (nSPS) is 37.4. The number of hydrogen-bond acceptors (Lipinski definition) is 6. The summed E-state index contributed by atoms with van der Waals surface area (Å²) >= 11 is 0. The number of carbonyl (C=O) groups is 2. The van der Waals surface area contributed by atoms with Gasteiger partial charge in [0, 0.05) is 22.7 Å². The molecule has 1 heterocycles. The van der Waals surface area contributed by atoms with Crippen molar-refractivity contribution in [2.24, 2.45) is 28.8 Å². The molecule has 1 rings (SSSR count). The highest BCUT2D eigenvalue weighted by atomic mass is 16.5. The van der Waals surface area contributed by atoms with Crippen LogP contribution in [0.4, 0.5) is 0 Å². The number of hydrogen-bond donors (Lipinski definition) is 2. The van der Waals surface area contributed by atoms with E-state index in [2.05, 4.69) is 10.0 Å². The molecule has 0 aromatic heterocycles. The fraction of sp³-hybridized carbons (Fsp3) is 0.727. The number of azide groups is 1. The lowest BCUT2D eigenvalue weighted by Gasteiger charge is -2.31. The van der Waals surface area contributed by atoms with Crippen LogP contribution in [0.5, 0.6) is 0 Å². The summed E-state index contributed by atoms with van der Waals surface area (Å²) in [4.78, 5) is 27.7. The molecule has 0 fully saturated rings. The number of cyclic esters (lactones) is 1. The first-order chi connectivity index (χ1) is 14.1. The number of carbonyl (C=O) groups excluding carboxylic acids is 2. The van der Waals surface area contributed by atoms with Crippen LogP contribution in [0.15, 0.2) is 28.9 Å². The Balaban J connectivity index is 3.24. The number of aliphatic hydroxyl groups excluding tert-OH is 2. The van der Waals surface area contributed by atoms with Crippen molar-refractivity contribution in [3.63, 3.8) is 0 Å². The molecule has 30 heavy (non-hydrogen) atoms. The van der Waals surface area contributed by atoms with Gasteiger partial charge in [-0.25, -0.2) is 0 Å². The zero-order valence-corrected chi connectivity index (χ0v) is 18.6. The standard InChI is InChI=1S/C22H35N3O5/c1-6-17-10-14(3)18(26)8-7-13(2)9-15(4)20(12-24-25-23)30-21(28)11-19(27)16(5)22(17)29/h7-9,14-17,19-20,22,27,29H,6,10-12H2,1-5H3/b8-7+,13-9+/t14-,15+,16+,17+,19-,20-,22-/m1/s1. The van der Waals surface area contributed by atoms with E-state index in [1.807, 2.05) is 33.8 Å². The smallest absolute Gasteiger partial charge is 0.308 e. The molecule has 8 nitrogen and oxygen atoms in total. The average molecular weight is 422 g/mol. The van der Waals surface area contributed by atoms with Crippen LogP contribution in [0.25, 0.3) is 10.4 Å². The Kier molecular flexibility index (Phi) is 10.8. The number of aliphatic hydroxyl groups is 2. The van der Waals surface area contributed by atoms with Gasteiger partial charge in [0.2, 0.25) is 0 Å². The lowest BCUT2D eigenvalue weighted by atomic mass is 9.80. The maximum absolute atomic E-state index is 12.5. The number of nitrogens with zero attached hydrogens (tertiary/aromatic N) is 3. The molecule has 0 aliphatic carbocycles. The fourth-order valence-corrected chi connectivity index (χ4v) is 3.73. The van der Waals surface area contributed by atoms with E-state index in [-0.39, 0.29) is 36.5 Å². The van der Waals surface area contributed by atoms with Crippen LogP contribution >= 0.6 is 0 Å². The predicted molar refractivity (Wildman–Crippen MR) is 114 cm³/mol. The van der Waals surface area contributed by atoms with Crippen molar-refractivity contribution < 1.29 is 24.5 Å². The zero-order chi connectivity index (χ0) is 22.8. The molecule has 7 atom stereocenters. The van der Waals surface area contributed by atoms with Gasteiger partial charge in [0.15, 0.2) is 5.78 Å². The molecule has 1 aliphatic heterocycles. The fourth-order valence-electron chi connectivity index (χ4n) is 3.73. The van der Waals surface area contributed by atoms with Crippen LogP contribution in [0, 0.1) is 23.7 Å². The number of ether oxygens (including phenoxy) is 1. The van der Waals surface area contributed by atoms with Crippen molar-refractivity contribution in [3.8, 4) is 0 Å². The predicted octanol–water partition coefficient (Wildman–Crippen LogP) is 3.73. The molecule has 0 aromatic carbocycles. The molecule has 8 heteroatoms. The van der Waals surface area contributed by atoms with Gasteiger partial charge < -0.3 is 14.9 Å². The van der Waals surface area contributed by atoms with Gasteiger partial charge in [0.25, 0.3) is 0 Å². The highest BCUT2D eigenvalue weighted by Crippen LogP contribution is 2.28. The van der Waals surface area contributed by atoms with Crippen LogP contribution in [-0.2, 0) is 14.3 Å². The summed E-state index contributed by atoms with van der Waals surface area (Å²) in [5.74, 6) is -1.93. The van der Waals surface area contributed by atoms with Crippen LogP contribution in [-0.4, -0.2) is 46.8 Å². The van der Waals surface area contributed by atoms with Crippen LogP contribution < -0.4 is 0 Å². The molecule has 0 bridgehead atoms. The number of allylic oxidation sites excluding steroid dienone is 3. The Labute approximate surface area is 178 Å². The van der Waals surface area contributed by atoms with E-state index in [0.717, 1.165) is 5.57 Å². The van der Waals surface area contributed by atoms with Crippen LogP contribution in [0.3, 0.4) is 0 Å². The zero-order valence-electron chi connectivity index (χ0n) is 18.6. The van der Waals surface area contributed by atoms with Gasteiger partial charge in [-0.05, 0) is 30.9 Å². The monoisotopic (exact) mass is 421 g/mol. The van der Waals surface area contributed by atoms with Gasteiger partial charge in [0.05, 0.1) is 25.2 Å². The summed E-state index contributed by atoms with van der Waals surface area (Å²) in [6, 6.07) is 0. The SMILES string of the molecule is CC[C@H]1C[C@@H](C)C(=O)/C=C/C(C)=C/[C@H](C)[C@@H](CN=[N+]=[N-])OC(=O)C[C@@H](O)[C@H](C)[C@H]1O. The second-order valence-electron chi connectivity index (χ2n) is 8.37. The second kappa shape index (κ2) is 12.5. The third-order valence-electron chi connectivity index (χ3n) is 5.90. The molecule has 168 valence electrons. The lowest BCUT2D eigenvalue weighted by Crippen LogP contribution is -2.38. The highest BCUT2D eigenvalue weighted by Gasteiger charge is 2.32. The van der Waals surface area contributed by atoms with Crippen molar-refractivity contribution in [2.75, 3.05) is 6.54 Å². The van der Waals surface area contributed by atoms with E-state index in [4.69, 9.17) is 10.3 Å². The van der Waals surface area contributed by atoms with E-state index >= 15 is 0 Å². The summed E-state index contributed by atoms with van der Waals surface area (Å²) in [7, 11) is 0. The molecule has 0 aromatic rings. The minimum Gasteiger partial charge on any atom is -0.462 e. The molecule has 0 unspecified atom stereocenters.